The van der Waals surface area contributed by atoms with Gasteiger partial charge in [0.25, 0.3) is 10.0 Å². The summed E-state index contributed by atoms with van der Waals surface area (Å²) in [7, 11) is -7.10. The van der Waals surface area contributed by atoms with Crippen LogP contribution in [-0.2, 0) is 33.1 Å². The van der Waals surface area contributed by atoms with Crippen LogP contribution in [0.3, 0.4) is 0 Å². The summed E-state index contributed by atoms with van der Waals surface area (Å²) >= 11 is 0. The Morgan fingerprint density at radius 2 is 1.80 bits per heavy atom. The fourth-order valence-electron chi connectivity index (χ4n) is 3.29. The van der Waals surface area contributed by atoms with Crippen molar-refractivity contribution in [1.82, 2.24) is 14.3 Å². The lowest BCUT2D eigenvalue weighted by Gasteiger charge is -2.33. The summed E-state index contributed by atoms with van der Waals surface area (Å²) in [6, 6.07) is 2.21. The van der Waals surface area contributed by atoms with E-state index in [9.17, 15) is 30.0 Å². The van der Waals surface area contributed by atoms with Crippen LogP contribution in [0.25, 0.3) is 0 Å². The first-order chi connectivity index (χ1) is 13.7. The number of alkyl halides is 4. The van der Waals surface area contributed by atoms with Gasteiger partial charge >= 0.3 is 6.18 Å². The molecule has 1 saturated carbocycles. The summed E-state index contributed by atoms with van der Waals surface area (Å²) in [6.07, 6.45) is -3.58. The van der Waals surface area contributed by atoms with Crippen molar-refractivity contribution in [3.63, 3.8) is 0 Å². The minimum absolute atomic E-state index is 0.138. The summed E-state index contributed by atoms with van der Waals surface area (Å²) in [6.45, 7) is 0. The van der Waals surface area contributed by atoms with Crippen LogP contribution in [0.2, 0.25) is 0 Å². The summed E-state index contributed by atoms with van der Waals surface area (Å²) in [5.74, 6) is 0. The standard InChI is InChI=1S/C17H19F4N3O4S2/c1-24-10-15(22-11-24)30(27,28)23-13-5-7-16(18,8-6-13)29(25,26)14-4-2-3-12(9-14)17(19,20)21/h2-4,9-11,13,23H,5-8H2,1H3. The highest BCUT2D eigenvalue weighted by Gasteiger charge is 2.48. The number of nitrogens with zero attached hydrogens (tertiary/aromatic N) is 2. The van der Waals surface area contributed by atoms with Crippen LogP contribution >= 0.6 is 0 Å². The molecule has 3 rings (SSSR count). The zero-order chi connectivity index (χ0) is 22.4. The molecule has 0 amide bonds. The quantitative estimate of drug-likeness (QED) is 0.679. The molecular weight excluding hydrogens is 450 g/mol. The van der Waals surface area contributed by atoms with E-state index in [1.165, 1.54) is 17.1 Å². The van der Waals surface area contributed by atoms with Crippen molar-refractivity contribution in [3.8, 4) is 0 Å². The van der Waals surface area contributed by atoms with Crippen molar-refractivity contribution in [2.75, 3.05) is 0 Å². The molecule has 0 radical (unpaired) electrons. The number of aryl methyl sites for hydroxylation is 1. The molecule has 0 bridgehead atoms. The Kier molecular flexibility index (Phi) is 5.75. The van der Waals surface area contributed by atoms with Crippen LogP contribution in [0.15, 0.2) is 46.7 Å². The molecule has 1 aliphatic carbocycles. The van der Waals surface area contributed by atoms with Gasteiger partial charge in [0.1, 0.15) is 0 Å². The van der Waals surface area contributed by atoms with E-state index < -0.39 is 60.4 Å². The molecule has 1 heterocycles. The van der Waals surface area contributed by atoms with Gasteiger partial charge in [-0.25, -0.2) is 30.9 Å². The van der Waals surface area contributed by atoms with Crippen molar-refractivity contribution in [2.24, 2.45) is 7.05 Å². The second kappa shape index (κ2) is 7.61. The maximum atomic E-state index is 15.3. The smallest absolute Gasteiger partial charge is 0.339 e. The van der Waals surface area contributed by atoms with Gasteiger partial charge in [0.15, 0.2) is 5.03 Å². The summed E-state index contributed by atoms with van der Waals surface area (Å²) in [5.41, 5.74) is -1.19. The first-order valence-corrected chi connectivity index (χ1v) is 11.8. The number of imidazole rings is 1. The van der Waals surface area contributed by atoms with Gasteiger partial charge in [-0.05, 0) is 43.9 Å². The number of benzene rings is 1. The lowest BCUT2D eigenvalue weighted by atomic mass is 9.94. The van der Waals surface area contributed by atoms with E-state index in [0.717, 1.165) is 12.1 Å². The Labute approximate surface area is 171 Å². The molecule has 0 atom stereocenters. The van der Waals surface area contributed by atoms with Crippen molar-refractivity contribution >= 4 is 19.9 Å². The van der Waals surface area contributed by atoms with Crippen molar-refractivity contribution < 1.29 is 34.4 Å². The van der Waals surface area contributed by atoms with Crippen LogP contribution in [0.5, 0.6) is 0 Å². The highest BCUT2D eigenvalue weighted by atomic mass is 32.2. The summed E-state index contributed by atoms with van der Waals surface area (Å²) in [5, 5.41) is -3.01. The second-order valence-electron chi connectivity index (χ2n) is 7.19. The second-order valence-corrected chi connectivity index (χ2v) is 11.1. The molecule has 166 valence electrons. The molecule has 0 saturated heterocycles. The van der Waals surface area contributed by atoms with E-state index in [2.05, 4.69) is 9.71 Å². The molecule has 1 fully saturated rings. The number of aromatic nitrogens is 2. The van der Waals surface area contributed by atoms with Gasteiger partial charge in [0, 0.05) is 19.3 Å². The highest BCUT2D eigenvalue weighted by molar-refractivity contribution is 7.92. The monoisotopic (exact) mass is 469 g/mol. The van der Waals surface area contributed by atoms with Gasteiger partial charge in [-0.1, -0.05) is 6.07 Å². The number of hydrogen-bond acceptors (Lipinski definition) is 5. The first-order valence-electron chi connectivity index (χ1n) is 8.86. The number of sulfone groups is 1. The molecule has 30 heavy (non-hydrogen) atoms. The average molecular weight is 469 g/mol. The zero-order valence-corrected chi connectivity index (χ0v) is 17.4. The fourth-order valence-corrected chi connectivity index (χ4v) is 6.32. The molecule has 0 spiro atoms. The van der Waals surface area contributed by atoms with Crippen molar-refractivity contribution in [1.29, 1.82) is 0 Å². The Hall–Kier alpha value is -1.99. The largest absolute Gasteiger partial charge is 0.416 e. The molecule has 13 heteroatoms. The molecule has 0 unspecified atom stereocenters. The van der Waals surface area contributed by atoms with Crippen LogP contribution in [0.4, 0.5) is 17.6 Å². The third-order valence-electron chi connectivity index (χ3n) is 4.96. The topological polar surface area (TPSA) is 98.1 Å². The third kappa shape index (κ3) is 4.37. The predicted octanol–water partition coefficient (Wildman–Crippen LogP) is 2.80. The third-order valence-corrected chi connectivity index (χ3v) is 8.61. The molecule has 1 N–H and O–H groups in total. The lowest BCUT2D eigenvalue weighted by Crippen LogP contribution is -2.45. The van der Waals surface area contributed by atoms with E-state index in [1.54, 1.807) is 7.05 Å². The lowest BCUT2D eigenvalue weighted by molar-refractivity contribution is -0.137. The van der Waals surface area contributed by atoms with Crippen LogP contribution in [0, 0.1) is 0 Å². The first kappa shape index (κ1) is 22.7. The van der Waals surface area contributed by atoms with E-state index in [4.69, 9.17) is 0 Å². The number of nitrogens with one attached hydrogen (secondary N) is 1. The Morgan fingerprint density at radius 1 is 1.17 bits per heavy atom. The minimum atomic E-state index is -4.77. The Morgan fingerprint density at radius 3 is 2.33 bits per heavy atom. The fraction of sp³-hybridized carbons (Fsp3) is 0.471. The molecule has 1 aromatic carbocycles. The van der Waals surface area contributed by atoms with Gasteiger partial charge in [-0.2, -0.15) is 13.2 Å². The van der Waals surface area contributed by atoms with Gasteiger partial charge in [-0.3, -0.25) is 0 Å². The van der Waals surface area contributed by atoms with E-state index in [-0.39, 0.29) is 17.9 Å². The molecule has 1 aliphatic rings. The Balaban J connectivity index is 1.75. The van der Waals surface area contributed by atoms with E-state index >= 15 is 4.39 Å². The normalized spacial score (nSPS) is 23.4. The Bertz CT molecular complexity index is 1140. The van der Waals surface area contributed by atoms with E-state index in [1.807, 2.05) is 0 Å². The highest BCUT2D eigenvalue weighted by Crippen LogP contribution is 2.41. The van der Waals surface area contributed by atoms with Crippen molar-refractivity contribution in [3.05, 3.63) is 42.4 Å². The minimum Gasteiger partial charge on any atom is -0.339 e. The molecular formula is C17H19F4N3O4S2. The van der Waals surface area contributed by atoms with E-state index in [0.29, 0.717) is 12.1 Å². The predicted molar refractivity (Wildman–Crippen MR) is 98.3 cm³/mol. The van der Waals surface area contributed by atoms with Crippen LogP contribution in [-0.4, -0.2) is 37.4 Å². The number of halogens is 4. The number of hydrogen-bond donors (Lipinski definition) is 1. The van der Waals surface area contributed by atoms with Gasteiger partial charge in [0.05, 0.1) is 16.8 Å². The average Bonchev–Trinajstić information content (AvgIpc) is 3.10. The SMILES string of the molecule is Cn1cnc(S(=O)(=O)NC2CCC(F)(S(=O)(=O)c3cccc(C(F)(F)F)c3)CC2)c1. The van der Waals surface area contributed by atoms with Gasteiger partial charge < -0.3 is 4.57 Å². The maximum absolute atomic E-state index is 15.3. The zero-order valence-electron chi connectivity index (χ0n) is 15.7. The maximum Gasteiger partial charge on any atom is 0.416 e. The summed E-state index contributed by atoms with van der Waals surface area (Å²) < 4.78 is 108. The van der Waals surface area contributed by atoms with Crippen molar-refractivity contribution in [2.45, 2.75) is 52.8 Å². The van der Waals surface area contributed by atoms with Gasteiger partial charge in [-0.15, -0.1) is 0 Å². The molecule has 2 aromatic rings. The summed E-state index contributed by atoms with van der Waals surface area (Å²) in [4.78, 5) is 2.98. The number of sulfonamides is 1. The number of rotatable bonds is 5. The molecule has 1 aromatic heterocycles. The van der Waals surface area contributed by atoms with Crippen LogP contribution < -0.4 is 4.72 Å². The van der Waals surface area contributed by atoms with Gasteiger partial charge in [0.2, 0.25) is 14.8 Å². The van der Waals surface area contributed by atoms with Crippen LogP contribution in [0.1, 0.15) is 31.2 Å². The molecule has 0 aliphatic heterocycles. The molecule has 7 nitrogen and oxygen atoms in total.